The Bertz CT molecular complexity index is 613. The van der Waals surface area contributed by atoms with Crippen LogP contribution in [0.1, 0.15) is 16.7 Å². The maximum Gasteiger partial charge on any atom is 0.257 e. The van der Waals surface area contributed by atoms with Crippen LogP contribution >= 0.6 is 0 Å². The zero-order valence-corrected chi connectivity index (χ0v) is 11.0. The van der Waals surface area contributed by atoms with E-state index in [0.717, 1.165) is 16.7 Å². The lowest BCUT2D eigenvalue weighted by Gasteiger charge is -1.97. The number of carbonyl (C=O) groups excluding carboxylic acids is 1. The van der Waals surface area contributed by atoms with Crippen molar-refractivity contribution in [3.05, 3.63) is 77.4 Å². The van der Waals surface area contributed by atoms with Crippen LogP contribution in [0.15, 0.2) is 60.7 Å². The molecule has 2 aromatic rings. The highest BCUT2D eigenvalue weighted by atomic mass is 16.2. The van der Waals surface area contributed by atoms with Crippen LogP contribution in [-0.2, 0) is 4.79 Å². The van der Waals surface area contributed by atoms with Gasteiger partial charge in [-0.15, -0.1) is 0 Å². The summed E-state index contributed by atoms with van der Waals surface area (Å²) in [4.78, 5) is 11.0. The first kappa shape index (κ1) is 13.8. The van der Waals surface area contributed by atoms with E-state index in [1.165, 1.54) is 6.08 Å². The Morgan fingerprint density at radius 1 is 0.800 bits per heavy atom. The van der Waals surface area contributed by atoms with Crippen LogP contribution in [0, 0.1) is 0 Å². The summed E-state index contributed by atoms with van der Waals surface area (Å²) in [7, 11) is 0. The molecule has 0 atom stereocenters. The van der Waals surface area contributed by atoms with Crippen LogP contribution in [0.5, 0.6) is 0 Å². The van der Waals surface area contributed by atoms with Gasteiger partial charge in [-0.25, -0.2) is 5.84 Å². The van der Waals surface area contributed by atoms with Gasteiger partial charge in [-0.05, 0) is 22.8 Å². The maximum atomic E-state index is 11.0. The van der Waals surface area contributed by atoms with E-state index in [0.29, 0.717) is 0 Å². The maximum absolute atomic E-state index is 11.0. The van der Waals surface area contributed by atoms with E-state index >= 15 is 0 Å². The molecule has 0 heterocycles. The summed E-state index contributed by atoms with van der Waals surface area (Å²) in [6.07, 6.45) is 7.23. The molecule has 2 aromatic carbocycles. The van der Waals surface area contributed by atoms with Gasteiger partial charge in [0, 0.05) is 6.08 Å². The van der Waals surface area contributed by atoms with Crippen LogP contribution in [-0.4, -0.2) is 5.91 Å². The lowest BCUT2D eigenvalue weighted by Crippen LogP contribution is -2.27. The molecule has 0 bridgehead atoms. The summed E-state index contributed by atoms with van der Waals surface area (Å²) in [5, 5.41) is 0. The third-order valence-corrected chi connectivity index (χ3v) is 2.77. The van der Waals surface area contributed by atoms with Gasteiger partial charge < -0.3 is 0 Å². The molecule has 0 radical (unpaired) electrons. The van der Waals surface area contributed by atoms with Gasteiger partial charge in [0.05, 0.1) is 0 Å². The minimum absolute atomic E-state index is 0.321. The Morgan fingerprint density at radius 2 is 1.30 bits per heavy atom. The summed E-state index contributed by atoms with van der Waals surface area (Å²) in [5.74, 6) is 4.67. The van der Waals surface area contributed by atoms with Crippen LogP contribution < -0.4 is 11.3 Å². The van der Waals surface area contributed by atoms with Gasteiger partial charge in [0.15, 0.2) is 0 Å². The fourth-order valence-corrected chi connectivity index (χ4v) is 1.69. The third kappa shape index (κ3) is 4.23. The zero-order valence-electron chi connectivity index (χ0n) is 11.0. The quantitative estimate of drug-likeness (QED) is 0.293. The Morgan fingerprint density at radius 3 is 1.85 bits per heavy atom. The highest BCUT2D eigenvalue weighted by Crippen LogP contribution is 2.10. The second-order valence-corrected chi connectivity index (χ2v) is 4.25. The van der Waals surface area contributed by atoms with Gasteiger partial charge in [0.2, 0.25) is 0 Å². The van der Waals surface area contributed by atoms with Crippen molar-refractivity contribution in [1.82, 2.24) is 5.43 Å². The van der Waals surface area contributed by atoms with E-state index < -0.39 is 0 Å². The molecule has 0 spiro atoms. The molecule has 1 amide bonds. The van der Waals surface area contributed by atoms with Crippen LogP contribution in [0.3, 0.4) is 0 Å². The molecule has 0 unspecified atom stereocenters. The van der Waals surface area contributed by atoms with Crippen molar-refractivity contribution in [3.63, 3.8) is 0 Å². The van der Waals surface area contributed by atoms with Crippen molar-refractivity contribution in [2.75, 3.05) is 0 Å². The molecule has 3 nitrogen and oxygen atoms in total. The number of rotatable bonds is 4. The topological polar surface area (TPSA) is 55.1 Å². The minimum Gasteiger partial charge on any atom is -0.291 e. The summed E-state index contributed by atoms with van der Waals surface area (Å²) >= 11 is 0. The lowest BCUT2D eigenvalue weighted by atomic mass is 10.1. The molecule has 0 saturated carbocycles. The standard InChI is InChI=1S/C17H16N2O/c18-19-17(20)13-12-16-10-8-15(9-11-16)7-6-14-4-2-1-3-5-14/h1-13H,18H2,(H,19,20)/b7-6+,13-12+. The Kier molecular flexibility index (Phi) is 4.87. The van der Waals surface area contributed by atoms with Crippen molar-refractivity contribution in [3.8, 4) is 0 Å². The van der Waals surface area contributed by atoms with Crippen molar-refractivity contribution < 1.29 is 4.79 Å². The minimum atomic E-state index is -0.321. The number of nitrogens with two attached hydrogens (primary N) is 1. The van der Waals surface area contributed by atoms with E-state index in [9.17, 15) is 4.79 Å². The Hall–Kier alpha value is -2.65. The fourth-order valence-electron chi connectivity index (χ4n) is 1.69. The summed E-state index contributed by atoms with van der Waals surface area (Å²) < 4.78 is 0. The van der Waals surface area contributed by atoms with Crippen molar-refractivity contribution in [2.45, 2.75) is 0 Å². The molecule has 20 heavy (non-hydrogen) atoms. The molecule has 0 saturated heterocycles. The molecule has 0 aliphatic heterocycles. The van der Waals surface area contributed by atoms with Gasteiger partial charge in [-0.2, -0.15) is 0 Å². The monoisotopic (exact) mass is 264 g/mol. The molecule has 0 aliphatic rings. The van der Waals surface area contributed by atoms with E-state index in [1.54, 1.807) is 6.08 Å². The number of carbonyl (C=O) groups is 1. The SMILES string of the molecule is NNC(=O)/C=C/c1ccc(/C=C/c2ccccc2)cc1. The smallest absolute Gasteiger partial charge is 0.257 e. The number of amides is 1. The average Bonchev–Trinajstić information content (AvgIpc) is 2.52. The molecule has 0 aliphatic carbocycles. The fraction of sp³-hybridized carbons (Fsp3) is 0. The van der Waals surface area contributed by atoms with Crippen LogP contribution in [0.25, 0.3) is 18.2 Å². The van der Waals surface area contributed by atoms with E-state index in [1.807, 2.05) is 47.9 Å². The Balaban J connectivity index is 2.03. The third-order valence-electron chi connectivity index (χ3n) is 2.77. The first-order valence-electron chi connectivity index (χ1n) is 6.30. The van der Waals surface area contributed by atoms with Crippen molar-refractivity contribution >= 4 is 24.1 Å². The molecule has 2 rings (SSSR count). The largest absolute Gasteiger partial charge is 0.291 e. The van der Waals surface area contributed by atoms with Crippen molar-refractivity contribution in [1.29, 1.82) is 0 Å². The van der Waals surface area contributed by atoms with Crippen LogP contribution in [0.4, 0.5) is 0 Å². The predicted molar refractivity (Wildman–Crippen MR) is 83.2 cm³/mol. The van der Waals surface area contributed by atoms with Gasteiger partial charge in [-0.1, -0.05) is 66.7 Å². The second-order valence-electron chi connectivity index (χ2n) is 4.25. The predicted octanol–water partition coefficient (Wildman–Crippen LogP) is 2.86. The highest BCUT2D eigenvalue weighted by Gasteiger charge is 1.91. The van der Waals surface area contributed by atoms with Gasteiger partial charge in [0.25, 0.3) is 5.91 Å². The first-order chi connectivity index (χ1) is 9.78. The molecular weight excluding hydrogens is 248 g/mol. The zero-order chi connectivity index (χ0) is 14.2. The van der Waals surface area contributed by atoms with Gasteiger partial charge in [-0.3, -0.25) is 10.2 Å². The first-order valence-corrected chi connectivity index (χ1v) is 6.30. The summed E-state index contributed by atoms with van der Waals surface area (Å²) in [5.41, 5.74) is 5.27. The van der Waals surface area contributed by atoms with E-state index in [-0.39, 0.29) is 5.91 Å². The average molecular weight is 264 g/mol. The van der Waals surface area contributed by atoms with Gasteiger partial charge >= 0.3 is 0 Å². The number of hydrogen-bond donors (Lipinski definition) is 2. The van der Waals surface area contributed by atoms with Crippen molar-refractivity contribution in [2.24, 2.45) is 5.84 Å². The Labute approximate surface area is 118 Å². The molecule has 100 valence electrons. The van der Waals surface area contributed by atoms with E-state index in [2.05, 4.69) is 24.3 Å². The summed E-state index contributed by atoms with van der Waals surface area (Å²) in [6.45, 7) is 0. The number of benzene rings is 2. The normalized spacial score (nSPS) is 11.1. The number of nitrogens with one attached hydrogen (secondary N) is 1. The summed E-state index contributed by atoms with van der Waals surface area (Å²) in [6, 6.07) is 18.0. The highest BCUT2D eigenvalue weighted by molar-refractivity contribution is 5.91. The molecular formula is C17H16N2O. The number of hydrogen-bond acceptors (Lipinski definition) is 2. The molecule has 0 aromatic heterocycles. The number of hydrazine groups is 1. The molecule has 3 heteroatoms. The lowest BCUT2D eigenvalue weighted by molar-refractivity contribution is -0.116. The van der Waals surface area contributed by atoms with E-state index in [4.69, 9.17) is 5.84 Å². The molecule has 3 N–H and O–H groups in total. The van der Waals surface area contributed by atoms with Crippen LogP contribution in [0.2, 0.25) is 0 Å². The van der Waals surface area contributed by atoms with Gasteiger partial charge in [0.1, 0.15) is 0 Å². The second kappa shape index (κ2) is 7.07. The molecule has 0 fully saturated rings.